The van der Waals surface area contributed by atoms with Crippen LogP contribution in [0.1, 0.15) is 30.1 Å². The topological polar surface area (TPSA) is 100 Å². The molecule has 1 aromatic heterocycles. The zero-order chi connectivity index (χ0) is 19.2. The van der Waals surface area contributed by atoms with Gasteiger partial charge in [-0.05, 0) is 37.5 Å². The highest BCUT2D eigenvalue weighted by molar-refractivity contribution is 6.30. The molecule has 0 unspecified atom stereocenters. The Balaban J connectivity index is 1.39. The lowest BCUT2D eigenvalue weighted by molar-refractivity contribution is -0.126. The molecule has 3 amide bonds. The second-order valence-corrected chi connectivity index (χ2v) is 6.94. The molecule has 2 aromatic rings. The lowest BCUT2D eigenvalue weighted by Gasteiger charge is -2.31. The van der Waals surface area contributed by atoms with E-state index in [1.165, 1.54) is 0 Å². The molecule has 0 spiro atoms. The first-order valence-corrected chi connectivity index (χ1v) is 9.23. The van der Waals surface area contributed by atoms with Crippen LogP contribution in [0, 0.1) is 12.8 Å². The molecular formula is C18H22ClN5O3. The molecule has 1 saturated heterocycles. The average molecular weight is 392 g/mol. The first-order valence-electron chi connectivity index (χ1n) is 8.85. The third-order valence-electron chi connectivity index (χ3n) is 4.49. The molecule has 0 bridgehead atoms. The number of likely N-dealkylation sites (tertiary alicyclic amines) is 1. The van der Waals surface area contributed by atoms with E-state index >= 15 is 0 Å². The van der Waals surface area contributed by atoms with Gasteiger partial charge < -0.3 is 20.1 Å². The molecule has 1 aliphatic heterocycles. The number of amides is 3. The summed E-state index contributed by atoms with van der Waals surface area (Å²) in [7, 11) is 0. The van der Waals surface area contributed by atoms with E-state index in [0.29, 0.717) is 49.2 Å². The van der Waals surface area contributed by atoms with E-state index < -0.39 is 0 Å². The van der Waals surface area contributed by atoms with Crippen molar-refractivity contribution in [1.82, 2.24) is 25.7 Å². The molecule has 8 nitrogen and oxygen atoms in total. The Bertz CT molecular complexity index is 785. The fourth-order valence-corrected chi connectivity index (χ4v) is 3.08. The summed E-state index contributed by atoms with van der Waals surface area (Å²) in [5.41, 5.74) is 0.985. The number of rotatable bonds is 5. The molecule has 2 N–H and O–H groups in total. The van der Waals surface area contributed by atoms with Crippen molar-refractivity contribution in [3.05, 3.63) is 46.6 Å². The SMILES string of the molecule is Cc1noc(CNC(=O)C2CCN(C(=O)NCc3ccc(Cl)cc3)CC2)n1. The van der Waals surface area contributed by atoms with Crippen molar-refractivity contribution in [3.63, 3.8) is 0 Å². The van der Waals surface area contributed by atoms with E-state index in [2.05, 4.69) is 20.8 Å². The first kappa shape index (κ1) is 19.2. The Kier molecular flexibility index (Phi) is 6.28. The van der Waals surface area contributed by atoms with Crippen molar-refractivity contribution in [3.8, 4) is 0 Å². The number of urea groups is 1. The van der Waals surface area contributed by atoms with Crippen molar-refractivity contribution in [2.75, 3.05) is 13.1 Å². The Hall–Kier alpha value is -2.61. The van der Waals surface area contributed by atoms with Gasteiger partial charge >= 0.3 is 6.03 Å². The molecule has 0 atom stereocenters. The maximum absolute atomic E-state index is 12.3. The molecular weight excluding hydrogens is 370 g/mol. The average Bonchev–Trinajstić information content (AvgIpc) is 3.11. The van der Waals surface area contributed by atoms with Crippen molar-refractivity contribution < 1.29 is 14.1 Å². The molecule has 1 aliphatic rings. The summed E-state index contributed by atoms with van der Waals surface area (Å²) in [4.78, 5) is 30.3. The third-order valence-corrected chi connectivity index (χ3v) is 4.75. The Labute approximate surface area is 162 Å². The molecule has 2 heterocycles. The second kappa shape index (κ2) is 8.85. The minimum atomic E-state index is -0.120. The summed E-state index contributed by atoms with van der Waals surface area (Å²) in [6, 6.07) is 7.23. The number of halogens is 1. The molecule has 9 heteroatoms. The summed E-state index contributed by atoms with van der Waals surface area (Å²) < 4.78 is 4.98. The van der Waals surface area contributed by atoms with Crippen LogP contribution in [0.4, 0.5) is 4.79 Å². The van der Waals surface area contributed by atoms with Crippen molar-refractivity contribution in [2.45, 2.75) is 32.9 Å². The number of nitrogens with zero attached hydrogens (tertiary/aromatic N) is 3. The number of carbonyl (C=O) groups is 2. The minimum Gasteiger partial charge on any atom is -0.347 e. The zero-order valence-corrected chi connectivity index (χ0v) is 15.8. The fraction of sp³-hybridized carbons (Fsp3) is 0.444. The number of carbonyl (C=O) groups excluding carboxylic acids is 2. The lowest BCUT2D eigenvalue weighted by Crippen LogP contribution is -2.46. The molecule has 0 saturated carbocycles. The van der Waals surface area contributed by atoms with Crippen molar-refractivity contribution in [1.29, 1.82) is 0 Å². The number of piperidine rings is 1. The van der Waals surface area contributed by atoms with Gasteiger partial charge in [0.1, 0.15) is 0 Å². The maximum Gasteiger partial charge on any atom is 0.317 e. The first-order chi connectivity index (χ1) is 13.0. The van der Waals surface area contributed by atoms with Gasteiger partial charge in [-0.15, -0.1) is 0 Å². The summed E-state index contributed by atoms with van der Waals surface area (Å²) in [6.07, 6.45) is 1.26. The van der Waals surface area contributed by atoms with Crippen molar-refractivity contribution in [2.24, 2.45) is 5.92 Å². The Morgan fingerprint density at radius 2 is 1.89 bits per heavy atom. The van der Waals surface area contributed by atoms with Gasteiger partial charge in [0.05, 0.1) is 6.54 Å². The summed E-state index contributed by atoms with van der Waals surface area (Å²) in [5.74, 6) is 0.762. The third kappa shape index (κ3) is 5.43. The smallest absolute Gasteiger partial charge is 0.317 e. The Morgan fingerprint density at radius 1 is 1.19 bits per heavy atom. The van der Waals surface area contributed by atoms with Crippen LogP contribution in [0.15, 0.2) is 28.8 Å². The van der Waals surface area contributed by atoms with E-state index in [9.17, 15) is 9.59 Å². The van der Waals surface area contributed by atoms with Gasteiger partial charge in [0.15, 0.2) is 5.82 Å². The summed E-state index contributed by atoms with van der Waals surface area (Å²) in [6.45, 7) is 3.48. The largest absolute Gasteiger partial charge is 0.347 e. The molecule has 0 aliphatic carbocycles. The van der Waals surface area contributed by atoms with Crippen LogP contribution in [-0.4, -0.2) is 40.1 Å². The molecule has 3 rings (SSSR count). The number of benzene rings is 1. The lowest BCUT2D eigenvalue weighted by atomic mass is 9.96. The number of nitrogens with one attached hydrogen (secondary N) is 2. The van der Waals surface area contributed by atoms with E-state index in [1.807, 2.05) is 12.1 Å². The molecule has 27 heavy (non-hydrogen) atoms. The molecule has 1 fully saturated rings. The van der Waals surface area contributed by atoms with Crippen LogP contribution in [0.5, 0.6) is 0 Å². The summed E-state index contributed by atoms with van der Waals surface area (Å²) >= 11 is 5.85. The van der Waals surface area contributed by atoms with Crippen LogP contribution in [0.2, 0.25) is 5.02 Å². The van der Waals surface area contributed by atoms with Gasteiger partial charge in [-0.1, -0.05) is 28.9 Å². The highest BCUT2D eigenvalue weighted by Crippen LogP contribution is 2.18. The molecule has 0 radical (unpaired) electrons. The van der Waals surface area contributed by atoms with Gasteiger partial charge in [-0.25, -0.2) is 4.79 Å². The van der Waals surface area contributed by atoms with E-state index in [0.717, 1.165) is 5.56 Å². The monoisotopic (exact) mass is 391 g/mol. The predicted octanol–water partition coefficient (Wildman–Crippen LogP) is 2.27. The van der Waals surface area contributed by atoms with Crippen LogP contribution in [-0.2, 0) is 17.9 Å². The number of hydrogen-bond donors (Lipinski definition) is 2. The quantitative estimate of drug-likeness (QED) is 0.814. The van der Waals surface area contributed by atoms with E-state index in [-0.39, 0.29) is 24.4 Å². The van der Waals surface area contributed by atoms with Crippen LogP contribution in [0.3, 0.4) is 0 Å². The molecule has 144 valence electrons. The fourth-order valence-electron chi connectivity index (χ4n) is 2.96. The van der Waals surface area contributed by atoms with Gasteiger partial charge in [0.25, 0.3) is 0 Å². The standard InChI is InChI=1S/C18H22ClN5O3/c1-12-22-16(27-23-12)11-20-17(25)14-6-8-24(9-7-14)18(26)21-10-13-2-4-15(19)5-3-13/h2-5,14H,6-11H2,1H3,(H,20,25)(H,21,26). The van der Waals surface area contributed by atoms with Crippen LogP contribution >= 0.6 is 11.6 Å². The van der Waals surface area contributed by atoms with Gasteiger partial charge in [-0.3, -0.25) is 4.79 Å². The maximum atomic E-state index is 12.3. The number of aromatic nitrogens is 2. The van der Waals surface area contributed by atoms with E-state index in [1.54, 1.807) is 24.0 Å². The van der Waals surface area contributed by atoms with Crippen LogP contribution in [0.25, 0.3) is 0 Å². The number of hydrogen-bond acceptors (Lipinski definition) is 5. The highest BCUT2D eigenvalue weighted by Gasteiger charge is 2.27. The van der Waals surface area contributed by atoms with Crippen LogP contribution < -0.4 is 10.6 Å². The van der Waals surface area contributed by atoms with Gasteiger partial charge in [0, 0.05) is 30.6 Å². The second-order valence-electron chi connectivity index (χ2n) is 6.50. The summed E-state index contributed by atoms with van der Waals surface area (Å²) in [5, 5.41) is 10.1. The minimum absolute atomic E-state index is 0.0490. The highest BCUT2D eigenvalue weighted by atomic mass is 35.5. The van der Waals surface area contributed by atoms with Crippen molar-refractivity contribution >= 4 is 23.5 Å². The molecule has 1 aromatic carbocycles. The van der Waals surface area contributed by atoms with Gasteiger partial charge in [-0.2, -0.15) is 4.98 Å². The van der Waals surface area contributed by atoms with Gasteiger partial charge in [0.2, 0.25) is 11.8 Å². The van der Waals surface area contributed by atoms with E-state index in [4.69, 9.17) is 16.1 Å². The normalized spacial score (nSPS) is 14.8. The zero-order valence-electron chi connectivity index (χ0n) is 15.1. The number of aryl methyl sites for hydroxylation is 1. The predicted molar refractivity (Wildman–Crippen MR) is 98.9 cm³/mol. The Morgan fingerprint density at radius 3 is 2.52 bits per heavy atom.